The molecule has 0 N–H and O–H groups in total. The summed E-state index contributed by atoms with van der Waals surface area (Å²) in [7, 11) is 1.90. The predicted octanol–water partition coefficient (Wildman–Crippen LogP) is 1.22. The Morgan fingerprint density at radius 3 is 2.69 bits per heavy atom. The number of nitrogens with zero attached hydrogens (tertiary/aromatic N) is 3. The largest absolute Gasteiger partial charge is 0.325 e. The van der Waals surface area contributed by atoms with Crippen molar-refractivity contribution in [1.29, 1.82) is 0 Å². The van der Waals surface area contributed by atoms with E-state index < -0.39 is 0 Å². The van der Waals surface area contributed by atoms with Crippen molar-refractivity contribution in [3.63, 3.8) is 0 Å². The second kappa shape index (κ2) is 4.24. The number of hydrogen-bond acceptors (Lipinski definition) is 2. The van der Waals surface area contributed by atoms with Crippen LogP contribution in [0.4, 0.5) is 4.79 Å². The molecule has 16 heavy (non-hydrogen) atoms. The Balaban J connectivity index is 1.93. The quantitative estimate of drug-likeness (QED) is 0.706. The number of likely N-dealkylation sites (N-methyl/N-ethyl adjacent to an activating group) is 1. The molecular weight excluding hydrogens is 202 g/mol. The first-order chi connectivity index (χ1) is 7.56. The summed E-state index contributed by atoms with van der Waals surface area (Å²) in [6, 6.07) is 1.60. The highest BCUT2D eigenvalue weighted by Crippen LogP contribution is 2.32. The number of rotatable bonds is 2. The van der Waals surface area contributed by atoms with E-state index in [-0.39, 0.29) is 12.1 Å². The molecule has 92 valence electrons. The molecular formula is C12H23N3O. The maximum atomic E-state index is 12.1. The number of carbonyl (C=O) groups excluding carboxylic acids is 1. The van der Waals surface area contributed by atoms with Gasteiger partial charge in [-0.3, -0.25) is 4.90 Å². The fraction of sp³-hybridized carbons (Fsp3) is 0.917. The Labute approximate surface area is 98.2 Å². The smallest absolute Gasteiger partial charge is 0.320 e. The molecule has 0 aliphatic carbocycles. The van der Waals surface area contributed by atoms with Gasteiger partial charge in [0.15, 0.2) is 0 Å². The Morgan fingerprint density at radius 2 is 2.12 bits per heavy atom. The average Bonchev–Trinajstić information content (AvgIpc) is 2.53. The number of carbonyl (C=O) groups is 1. The van der Waals surface area contributed by atoms with Gasteiger partial charge in [-0.05, 0) is 26.8 Å². The van der Waals surface area contributed by atoms with Crippen LogP contribution in [0.3, 0.4) is 0 Å². The average molecular weight is 225 g/mol. The van der Waals surface area contributed by atoms with Crippen LogP contribution in [0.15, 0.2) is 0 Å². The molecule has 2 saturated heterocycles. The molecule has 2 amide bonds. The molecule has 0 bridgehead atoms. The van der Waals surface area contributed by atoms with Gasteiger partial charge in [-0.15, -0.1) is 0 Å². The third-order valence-electron chi connectivity index (χ3n) is 4.14. The van der Waals surface area contributed by atoms with Crippen molar-refractivity contribution < 1.29 is 4.79 Å². The van der Waals surface area contributed by atoms with Crippen LogP contribution in [0.1, 0.15) is 27.2 Å². The van der Waals surface area contributed by atoms with Crippen LogP contribution >= 0.6 is 0 Å². The fourth-order valence-electron chi connectivity index (χ4n) is 2.74. The summed E-state index contributed by atoms with van der Waals surface area (Å²) in [5, 5.41) is 0. The van der Waals surface area contributed by atoms with E-state index in [0.717, 1.165) is 26.1 Å². The van der Waals surface area contributed by atoms with Crippen LogP contribution in [-0.4, -0.2) is 65.5 Å². The highest BCUT2D eigenvalue weighted by atomic mass is 16.2. The summed E-state index contributed by atoms with van der Waals surface area (Å²) in [6.07, 6.45) is 1.15. The third kappa shape index (κ3) is 1.69. The summed E-state index contributed by atoms with van der Waals surface area (Å²) in [4.78, 5) is 18.5. The molecule has 0 aromatic heterocycles. The first-order valence-corrected chi connectivity index (χ1v) is 6.33. The molecule has 0 aromatic carbocycles. The van der Waals surface area contributed by atoms with Crippen molar-refractivity contribution in [2.24, 2.45) is 0 Å². The molecule has 2 aliphatic rings. The maximum absolute atomic E-state index is 12.1. The summed E-state index contributed by atoms with van der Waals surface area (Å²) in [5.41, 5.74) is 0. The molecule has 4 nitrogen and oxygen atoms in total. The number of fused-ring (bicyclic) bond motifs is 1. The summed E-state index contributed by atoms with van der Waals surface area (Å²) < 4.78 is 0. The molecule has 2 heterocycles. The lowest BCUT2D eigenvalue weighted by atomic mass is 9.97. The first kappa shape index (κ1) is 11.7. The maximum Gasteiger partial charge on any atom is 0.320 e. The molecule has 0 saturated carbocycles. The molecule has 2 fully saturated rings. The fourth-order valence-corrected chi connectivity index (χ4v) is 2.74. The number of likely N-dealkylation sites (tertiary alicyclic amines) is 2. The van der Waals surface area contributed by atoms with Gasteiger partial charge in [-0.1, -0.05) is 6.92 Å². The molecule has 0 aromatic rings. The molecule has 4 heteroatoms. The zero-order valence-electron chi connectivity index (χ0n) is 10.8. The van der Waals surface area contributed by atoms with Gasteiger partial charge in [-0.25, -0.2) is 4.79 Å². The number of amides is 2. The van der Waals surface area contributed by atoms with E-state index >= 15 is 0 Å². The van der Waals surface area contributed by atoms with E-state index in [9.17, 15) is 4.79 Å². The standard InChI is InChI=1S/C12H23N3O/c1-5-14-7-6-10-11(14)8-15(10)12(16)13(4)9(2)3/h9-11H,5-8H2,1-4H3. The van der Waals surface area contributed by atoms with Crippen LogP contribution in [0, 0.1) is 0 Å². The van der Waals surface area contributed by atoms with Crippen LogP contribution in [0.25, 0.3) is 0 Å². The van der Waals surface area contributed by atoms with Gasteiger partial charge >= 0.3 is 6.03 Å². The monoisotopic (exact) mass is 225 g/mol. The van der Waals surface area contributed by atoms with E-state index in [0.29, 0.717) is 12.1 Å². The predicted molar refractivity (Wildman–Crippen MR) is 64.4 cm³/mol. The second-order valence-corrected chi connectivity index (χ2v) is 5.19. The lowest BCUT2D eigenvalue weighted by Crippen LogP contribution is -2.65. The van der Waals surface area contributed by atoms with Gasteiger partial charge in [0, 0.05) is 32.2 Å². The molecule has 0 radical (unpaired) electrons. The molecule has 0 spiro atoms. The second-order valence-electron chi connectivity index (χ2n) is 5.19. The Bertz CT molecular complexity index is 279. The molecule has 2 rings (SSSR count). The van der Waals surface area contributed by atoms with Gasteiger partial charge in [0.1, 0.15) is 0 Å². The van der Waals surface area contributed by atoms with E-state index in [1.165, 1.54) is 0 Å². The zero-order valence-corrected chi connectivity index (χ0v) is 10.8. The third-order valence-corrected chi connectivity index (χ3v) is 4.14. The van der Waals surface area contributed by atoms with E-state index in [4.69, 9.17) is 0 Å². The number of hydrogen-bond donors (Lipinski definition) is 0. The first-order valence-electron chi connectivity index (χ1n) is 6.33. The van der Waals surface area contributed by atoms with Crippen molar-refractivity contribution in [2.45, 2.75) is 45.3 Å². The van der Waals surface area contributed by atoms with Crippen LogP contribution in [-0.2, 0) is 0 Å². The van der Waals surface area contributed by atoms with E-state index in [1.807, 2.05) is 16.8 Å². The Kier molecular flexibility index (Phi) is 3.10. The van der Waals surface area contributed by atoms with Crippen LogP contribution in [0.2, 0.25) is 0 Å². The van der Waals surface area contributed by atoms with Gasteiger partial charge in [-0.2, -0.15) is 0 Å². The van der Waals surface area contributed by atoms with E-state index in [1.54, 1.807) is 0 Å². The summed E-state index contributed by atoms with van der Waals surface area (Å²) >= 11 is 0. The van der Waals surface area contributed by atoms with Crippen molar-refractivity contribution >= 4 is 6.03 Å². The Hall–Kier alpha value is -0.770. The summed E-state index contributed by atoms with van der Waals surface area (Å²) in [6.45, 7) is 9.51. The minimum atomic E-state index is 0.203. The minimum Gasteiger partial charge on any atom is -0.325 e. The van der Waals surface area contributed by atoms with Crippen LogP contribution < -0.4 is 0 Å². The molecule has 2 unspecified atom stereocenters. The topological polar surface area (TPSA) is 26.8 Å². The van der Waals surface area contributed by atoms with Crippen molar-refractivity contribution in [1.82, 2.24) is 14.7 Å². The SMILES string of the molecule is CCN1CCC2C1CN2C(=O)N(C)C(C)C. The molecule has 2 aliphatic heterocycles. The normalized spacial score (nSPS) is 29.2. The molecule has 2 atom stereocenters. The van der Waals surface area contributed by atoms with Gasteiger partial charge < -0.3 is 9.80 Å². The zero-order chi connectivity index (χ0) is 11.9. The summed E-state index contributed by atoms with van der Waals surface area (Å²) in [5.74, 6) is 0. The van der Waals surface area contributed by atoms with Crippen LogP contribution in [0.5, 0.6) is 0 Å². The van der Waals surface area contributed by atoms with Crippen molar-refractivity contribution in [3.8, 4) is 0 Å². The lowest BCUT2D eigenvalue weighted by Gasteiger charge is -2.48. The van der Waals surface area contributed by atoms with Crippen molar-refractivity contribution in [2.75, 3.05) is 26.7 Å². The highest BCUT2D eigenvalue weighted by molar-refractivity contribution is 5.76. The van der Waals surface area contributed by atoms with Gasteiger partial charge in [0.05, 0.1) is 6.04 Å². The Morgan fingerprint density at radius 1 is 1.44 bits per heavy atom. The number of urea groups is 1. The van der Waals surface area contributed by atoms with E-state index in [2.05, 4.69) is 25.7 Å². The van der Waals surface area contributed by atoms with Gasteiger partial charge in [0.2, 0.25) is 0 Å². The highest BCUT2D eigenvalue weighted by Gasteiger charge is 2.49. The lowest BCUT2D eigenvalue weighted by molar-refractivity contribution is 0.0368. The minimum absolute atomic E-state index is 0.203. The van der Waals surface area contributed by atoms with Crippen molar-refractivity contribution in [3.05, 3.63) is 0 Å². The van der Waals surface area contributed by atoms with Gasteiger partial charge in [0.25, 0.3) is 0 Å².